The molecule has 2 atom stereocenters. The molecule has 0 spiro atoms. The van der Waals surface area contributed by atoms with Crippen LogP contribution in [-0.4, -0.2) is 66.6 Å². The van der Waals surface area contributed by atoms with E-state index < -0.39 is 6.04 Å². The van der Waals surface area contributed by atoms with Gasteiger partial charge in [-0.05, 0) is 17.7 Å². The molecule has 4 rings (SSSR count). The lowest BCUT2D eigenvalue weighted by atomic mass is 10.1. The van der Waals surface area contributed by atoms with E-state index in [9.17, 15) is 9.59 Å². The molecular formula is C23H26N2O4. The Morgan fingerprint density at radius 3 is 2.31 bits per heavy atom. The van der Waals surface area contributed by atoms with E-state index in [1.54, 1.807) is 4.90 Å². The number of benzene rings is 2. The van der Waals surface area contributed by atoms with E-state index in [4.69, 9.17) is 9.47 Å². The Kier molecular flexibility index (Phi) is 6.10. The fraction of sp³-hybridized carbons (Fsp3) is 0.391. The Hall–Kier alpha value is -2.86. The van der Waals surface area contributed by atoms with Gasteiger partial charge in [0.25, 0.3) is 0 Å². The molecule has 0 bridgehead atoms. The van der Waals surface area contributed by atoms with Crippen LogP contribution in [0.3, 0.4) is 0 Å². The molecule has 0 aliphatic carbocycles. The lowest BCUT2D eigenvalue weighted by molar-refractivity contribution is -0.146. The number of hydrogen-bond donors (Lipinski definition) is 0. The molecule has 152 valence electrons. The molecule has 6 nitrogen and oxygen atoms in total. The summed E-state index contributed by atoms with van der Waals surface area (Å²) in [7, 11) is 0. The number of amides is 2. The SMILES string of the molecule is O=C(C1CC(Oc2ccccc2)CN1C(=O)Cc1ccccc1)N1CCOCC1. The number of hydrogen-bond acceptors (Lipinski definition) is 4. The van der Waals surface area contributed by atoms with Crippen molar-refractivity contribution < 1.29 is 19.1 Å². The van der Waals surface area contributed by atoms with E-state index in [1.807, 2.05) is 65.6 Å². The summed E-state index contributed by atoms with van der Waals surface area (Å²) in [4.78, 5) is 29.8. The van der Waals surface area contributed by atoms with Crippen molar-refractivity contribution >= 4 is 11.8 Å². The normalized spacial score (nSPS) is 21.8. The van der Waals surface area contributed by atoms with Gasteiger partial charge in [-0.15, -0.1) is 0 Å². The number of carbonyl (C=O) groups excluding carboxylic acids is 2. The molecule has 6 heteroatoms. The van der Waals surface area contributed by atoms with Gasteiger partial charge < -0.3 is 19.3 Å². The molecule has 2 amide bonds. The quantitative estimate of drug-likeness (QED) is 0.780. The first-order valence-electron chi connectivity index (χ1n) is 10.1. The summed E-state index contributed by atoms with van der Waals surface area (Å²) in [5.74, 6) is 0.711. The van der Waals surface area contributed by atoms with Crippen molar-refractivity contribution in [2.45, 2.75) is 25.0 Å². The number of ether oxygens (including phenoxy) is 2. The van der Waals surface area contributed by atoms with Crippen LogP contribution in [0.25, 0.3) is 0 Å². The van der Waals surface area contributed by atoms with Crippen molar-refractivity contribution in [3.05, 3.63) is 66.2 Å². The average molecular weight is 394 g/mol. The van der Waals surface area contributed by atoms with Crippen molar-refractivity contribution in [2.24, 2.45) is 0 Å². The average Bonchev–Trinajstić information content (AvgIpc) is 3.19. The molecule has 0 saturated carbocycles. The highest BCUT2D eigenvalue weighted by Gasteiger charge is 2.42. The van der Waals surface area contributed by atoms with Crippen molar-refractivity contribution in [2.75, 3.05) is 32.8 Å². The molecule has 2 aromatic rings. The zero-order valence-electron chi connectivity index (χ0n) is 16.4. The van der Waals surface area contributed by atoms with Crippen molar-refractivity contribution in [1.29, 1.82) is 0 Å². The van der Waals surface area contributed by atoms with Gasteiger partial charge in [0.05, 0.1) is 26.2 Å². The Labute approximate surface area is 171 Å². The number of morpholine rings is 1. The molecule has 2 unspecified atom stereocenters. The van der Waals surface area contributed by atoms with E-state index >= 15 is 0 Å². The van der Waals surface area contributed by atoms with Crippen molar-refractivity contribution in [1.82, 2.24) is 9.80 Å². The topological polar surface area (TPSA) is 59.1 Å². The predicted octanol–water partition coefficient (Wildman–Crippen LogP) is 2.14. The highest BCUT2D eigenvalue weighted by molar-refractivity contribution is 5.89. The van der Waals surface area contributed by atoms with Crippen LogP contribution in [0.2, 0.25) is 0 Å². The monoisotopic (exact) mass is 394 g/mol. The summed E-state index contributed by atoms with van der Waals surface area (Å²) < 4.78 is 11.5. The molecule has 0 radical (unpaired) electrons. The molecule has 29 heavy (non-hydrogen) atoms. The number of likely N-dealkylation sites (tertiary alicyclic amines) is 1. The summed E-state index contributed by atoms with van der Waals surface area (Å²) in [5, 5.41) is 0. The van der Waals surface area contributed by atoms with E-state index in [2.05, 4.69) is 0 Å². The zero-order chi connectivity index (χ0) is 20.1. The number of carbonyl (C=O) groups is 2. The Balaban J connectivity index is 1.49. The number of para-hydroxylation sites is 1. The van der Waals surface area contributed by atoms with E-state index in [0.717, 1.165) is 11.3 Å². The maximum absolute atomic E-state index is 13.2. The van der Waals surface area contributed by atoms with Gasteiger partial charge in [0.15, 0.2) is 0 Å². The fourth-order valence-electron chi connectivity index (χ4n) is 3.95. The van der Waals surface area contributed by atoms with Crippen LogP contribution < -0.4 is 4.74 Å². The van der Waals surface area contributed by atoms with Crippen LogP contribution in [0.4, 0.5) is 0 Å². The first-order valence-corrected chi connectivity index (χ1v) is 10.1. The second-order valence-electron chi connectivity index (χ2n) is 7.45. The Morgan fingerprint density at radius 1 is 0.966 bits per heavy atom. The summed E-state index contributed by atoms with van der Waals surface area (Å²) in [6, 6.07) is 18.7. The van der Waals surface area contributed by atoms with Crippen LogP contribution in [0.15, 0.2) is 60.7 Å². The largest absolute Gasteiger partial charge is 0.488 e. The lowest BCUT2D eigenvalue weighted by Crippen LogP contribution is -2.51. The van der Waals surface area contributed by atoms with Crippen LogP contribution in [0.1, 0.15) is 12.0 Å². The van der Waals surface area contributed by atoms with Gasteiger partial charge in [0.1, 0.15) is 17.9 Å². The van der Waals surface area contributed by atoms with E-state index in [-0.39, 0.29) is 24.3 Å². The van der Waals surface area contributed by atoms with Crippen LogP contribution in [-0.2, 0) is 20.7 Å². The third-order valence-electron chi connectivity index (χ3n) is 5.43. The number of nitrogens with zero attached hydrogens (tertiary/aromatic N) is 2. The van der Waals surface area contributed by atoms with Gasteiger partial charge in [-0.25, -0.2) is 0 Å². The maximum atomic E-state index is 13.2. The summed E-state index contributed by atoms with van der Waals surface area (Å²) in [6.45, 7) is 2.64. The zero-order valence-corrected chi connectivity index (χ0v) is 16.4. The second kappa shape index (κ2) is 9.09. The van der Waals surface area contributed by atoms with Crippen LogP contribution in [0, 0.1) is 0 Å². The Morgan fingerprint density at radius 2 is 1.62 bits per heavy atom. The highest BCUT2D eigenvalue weighted by Crippen LogP contribution is 2.25. The smallest absolute Gasteiger partial charge is 0.245 e. The molecule has 2 aliphatic rings. The van der Waals surface area contributed by atoms with E-state index in [1.165, 1.54) is 0 Å². The van der Waals surface area contributed by atoms with Gasteiger partial charge in [0, 0.05) is 19.5 Å². The van der Waals surface area contributed by atoms with Crippen molar-refractivity contribution in [3.63, 3.8) is 0 Å². The Bertz CT molecular complexity index is 821. The van der Waals surface area contributed by atoms with Gasteiger partial charge in [-0.3, -0.25) is 9.59 Å². The summed E-state index contributed by atoms with van der Waals surface area (Å²) >= 11 is 0. The highest BCUT2D eigenvalue weighted by atomic mass is 16.5. The third kappa shape index (κ3) is 4.77. The molecular weight excluding hydrogens is 368 g/mol. The maximum Gasteiger partial charge on any atom is 0.245 e. The molecule has 2 aromatic carbocycles. The molecule has 2 heterocycles. The third-order valence-corrected chi connectivity index (χ3v) is 5.43. The van der Waals surface area contributed by atoms with Crippen molar-refractivity contribution in [3.8, 4) is 5.75 Å². The first kappa shape index (κ1) is 19.5. The standard InChI is InChI=1S/C23H26N2O4/c26-22(15-18-7-3-1-4-8-18)25-17-20(29-19-9-5-2-6-10-19)16-21(25)23(27)24-11-13-28-14-12-24/h1-10,20-21H,11-17H2. The predicted molar refractivity (Wildman–Crippen MR) is 109 cm³/mol. The lowest BCUT2D eigenvalue weighted by Gasteiger charge is -2.32. The fourth-order valence-corrected chi connectivity index (χ4v) is 3.95. The first-order chi connectivity index (χ1) is 14.2. The minimum atomic E-state index is -0.488. The van der Waals surface area contributed by atoms with Gasteiger partial charge in [0.2, 0.25) is 11.8 Å². The second-order valence-corrected chi connectivity index (χ2v) is 7.45. The molecule has 2 fully saturated rings. The van der Waals surface area contributed by atoms with E-state index in [0.29, 0.717) is 39.3 Å². The molecule has 2 aliphatic heterocycles. The number of rotatable bonds is 5. The van der Waals surface area contributed by atoms with Gasteiger partial charge >= 0.3 is 0 Å². The summed E-state index contributed by atoms with van der Waals surface area (Å²) in [6.07, 6.45) is 0.587. The molecule has 2 saturated heterocycles. The minimum absolute atomic E-state index is 0.00567. The van der Waals surface area contributed by atoms with Crippen LogP contribution >= 0.6 is 0 Å². The van der Waals surface area contributed by atoms with Gasteiger partial charge in [-0.2, -0.15) is 0 Å². The van der Waals surface area contributed by atoms with Crippen LogP contribution in [0.5, 0.6) is 5.75 Å². The van der Waals surface area contributed by atoms with Gasteiger partial charge in [-0.1, -0.05) is 48.5 Å². The minimum Gasteiger partial charge on any atom is -0.488 e. The molecule has 0 aromatic heterocycles. The molecule has 0 N–H and O–H groups in total. The summed E-state index contributed by atoms with van der Waals surface area (Å²) in [5.41, 5.74) is 0.947.